The summed E-state index contributed by atoms with van der Waals surface area (Å²) in [5, 5.41) is 9.21. The van der Waals surface area contributed by atoms with Gasteiger partial charge in [-0.1, -0.05) is 36.4 Å². The molecule has 25 heavy (non-hydrogen) atoms. The molecule has 6 heteroatoms. The summed E-state index contributed by atoms with van der Waals surface area (Å²) in [5.41, 5.74) is 2.34. The van der Waals surface area contributed by atoms with Crippen molar-refractivity contribution in [3.05, 3.63) is 70.8 Å². The zero-order valence-corrected chi connectivity index (χ0v) is 14.8. The molecular formula is C19H18N2O3S. The number of benzene rings is 2. The van der Waals surface area contributed by atoms with Crippen LogP contribution in [0.1, 0.15) is 35.1 Å². The lowest BCUT2D eigenvalue weighted by atomic mass is 9.73. The molecule has 1 amide bonds. The van der Waals surface area contributed by atoms with E-state index in [4.69, 9.17) is 0 Å². The molecule has 1 aliphatic carbocycles. The van der Waals surface area contributed by atoms with Crippen molar-refractivity contribution in [2.45, 2.75) is 19.3 Å². The van der Waals surface area contributed by atoms with Crippen LogP contribution in [-0.4, -0.2) is 20.6 Å². The first-order valence-electron chi connectivity index (χ1n) is 7.85. The summed E-state index contributed by atoms with van der Waals surface area (Å²) < 4.78 is 25.3. The van der Waals surface area contributed by atoms with E-state index in [1.165, 1.54) is 0 Å². The normalized spacial score (nSPS) is 22.0. The van der Waals surface area contributed by atoms with Crippen LogP contribution in [-0.2, 0) is 21.2 Å². The lowest BCUT2D eigenvalue weighted by Gasteiger charge is -2.30. The number of carbonyl (C=O) groups excluding carboxylic acids is 1. The van der Waals surface area contributed by atoms with E-state index in [2.05, 4.69) is 10.8 Å². The summed E-state index contributed by atoms with van der Waals surface area (Å²) in [6.45, 7) is 1.78. The van der Waals surface area contributed by atoms with Crippen LogP contribution in [0, 0.1) is 16.7 Å². The summed E-state index contributed by atoms with van der Waals surface area (Å²) in [4.78, 5) is 12.8. The van der Waals surface area contributed by atoms with Crippen LogP contribution in [0.25, 0.3) is 0 Å². The second kappa shape index (κ2) is 6.01. The van der Waals surface area contributed by atoms with Crippen molar-refractivity contribution < 1.29 is 13.2 Å². The van der Waals surface area contributed by atoms with Gasteiger partial charge in [-0.15, -0.1) is 0 Å². The number of nitrogens with zero attached hydrogens (tertiary/aromatic N) is 1. The molecule has 128 valence electrons. The minimum atomic E-state index is -3.66. The number of nitriles is 1. The lowest BCUT2D eigenvalue weighted by molar-refractivity contribution is -0.128. The number of hydrogen-bond acceptors (Lipinski definition) is 4. The van der Waals surface area contributed by atoms with E-state index >= 15 is 0 Å². The first-order chi connectivity index (χ1) is 11.7. The zero-order chi connectivity index (χ0) is 18.2. The van der Waals surface area contributed by atoms with E-state index in [0.717, 1.165) is 22.9 Å². The van der Waals surface area contributed by atoms with Crippen LogP contribution in [0.15, 0.2) is 48.5 Å². The number of carbonyl (C=O) groups is 1. The molecule has 0 radical (unpaired) electrons. The molecule has 2 aromatic rings. The van der Waals surface area contributed by atoms with Gasteiger partial charge in [-0.2, -0.15) is 5.26 Å². The van der Waals surface area contributed by atoms with Crippen LogP contribution in [0.3, 0.4) is 0 Å². The second-order valence-corrected chi connectivity index (χ2v) is 8.42. The van der Waals surface area contributed by atoms with Gasteiger partial charge in [0.2, 0.25) is 15.9 Å². The van der Waals surface area contributed by atoms with Gasteiger partial charge in [0.1, 0.15) is 0 Å². The van der Waals surface area contributed by atoms with Gasteiger partial charge in [0.15, 0.2) is 0 Å². The fourth-order valence-corrected chi connectivity index (χ4v) is 4.19. The molecule has 0 spiro atoms. The quantitative estimate of drug-likeness (QED) is 0.916. The Morgan fingerprint density at radius 2 is 1.92 bits per heavy atom. The van der Waals surface area contributed by atoms with E-state index in [1.807, 2.05) is 36.4 Å². The summed E-state index contributed by atoms with van der Waals surface area (Å²) in [7, 11) is -3.66. The minimum absolute atomic E-state index is 0.321. The number of amides is 1. The van der Waals surface area contributed by atoms with Gasteiger partial charge in [0, 0.05) is 5.92 Å². The van der Waals surface area contributed by atoms with Gasteiger partial charge in [0.05, 0.1) is 23.3 Å². The predicted molar refractivity (Wildman–Crippen MR) is 94.2 cm³/mol. The number of fused-ring (bicyclic) bond motifs is 1. The monoisotopic (exact) mass is 354 g/mol. The molecule has 0 unspecified atom stereocenters. The Hall–Kier alpha value is -2.65. The van der Waals surface area contributed by atoms with Crippen molar-refractivity contribution in [1.29, 1.82) is 5.26 Å². The average Bonchev–Trinajstić information content (AvgIpc) is 2.86. The molecule has 2 aromatic carbocycles. The van der Waals surface area contributed by atoms with Crippen molar-refractivity contribution in [3.8, 4) is 6.07 Å². The Morgan fingerprint density at radius 1 is 1.24 bits per heavy atom. The Bertz CT molecular complexity index is 977. The van der Waals surface area contributed by atoms with Crippen molar-refractivity contribution >= 4 is 15.9 Å². The highest BCUT2D eigenvalue weighted by Gasteiger charge is 2.49. The zero-order valence-electron chi connectivity index (χ0n) is 14.0. The van der Waals surface area contributed by atoms with E-state index in [0.29, 0.717) is 12.0 Å². The molecule has 0 saturated carbocycles. The molecule has 1 aliphatic rings. The fourth-order valence-electron chi connectivity index (χ4n) is 3.62. The first kappa shape index (κ1) is 17.2. The predicted octanol–water partition coefficient (Wildman–Crippen LogP) is 2.33. The molecule has 0 heterocycles. The molecule has 0 aromatic heterocycles. The maximum Gasteiger partial charge on any atom is 0.240 e. The van der Waals surface area contributed by atoms with Crippen molar-refractivity contribution in [1.82, 2.24) is 4.72 Å². The van der Waals surface area contributed by atoms with Crippen LogP contribution >= 0.6 is 0 Å². The number of rotatable bonds is 3. The van der Waals surface area contributed by atoms with Gasteiger partial charge in [-0.3, -0.25) is 9.52 Å². The largest absolute Gasteiger partial charge is 0.273 e. The Morgan fingerprint density at radius 3 is 2.52 bits per heavy atom. The maximum atomic E-state index is 12.8. The number of hydrogen-bond donors (Lipinski definition) is 1. The lowest BCUT2D eigenvalue weighted by Crippen LogP contribution is -2.44. The summed E-state index contributed by atoms with van der Waals surface area (Å²) in [6, 6.07) is 17.0. The summed E-state index contributed by atoms with van der Waals surface area (Å²) in [6.07, 6.45) is 1.39. The third-order valence-corrected chi connectivity index (χ3v) is 5.27. The third-order valence-electron chi connectivity index (χ3n) is 4.71. The van der Waals surface area contributed by atoms with Crippen LogP contribution < -0.4 is 4.72 Å². The molecule has 5 nitrogen and oxygen atoms in total. The molecule has 3 rings (SSSR count). The Balaban J connectivity index is 2.16. The maximum absolute atomic E-state index is 12.8. The van der Waals surface area contributed by atoms with E-state index in [9.17, 15) is 18.5 Å². The molecule has 2 atom stereocenters. The molecule has 0 aliphatic heterocycles. The fraction of sp³-hybridized carbons (Fsp3) is 0.263. The average molecular weight is 354 g/mol. The number of sulfonamides is 1. The molecule has 0 saturated heterocycles. The summed E-state index contributed by atoms with van der Waals surface area (Å²) >= 11 is 0. The van der Waals surface area contributed by atoms with Gasteiger partial charge in [0.25, 0.3) is 0 Å². The van der Waals surface area contributed by atoms with Crippen LogP contribution in [0.2, 0.25) is 0 Å². The highest BCUT2D eigenvalue weighted by atomic mass is 32.2. The second-order valence-electron chi connectivity index (χ2n) is 6.67. The van der Waals surface area contributed by atoms with E-state index in [1.54, 1.807) is 19.1 Å². The molecule has 0 bridgehead atoms. The highest BCUT2D eigenvalue weighted by molar-refractivity contribution is 7.89. The molecule has 1 N–H and O–H groups in total. The topological polar surface area (TPSA) is 87.0 Å². The van der Waals surface area contributed by atoms with Crippen LogP contribution in [0.4, 0.5) is 0 Å². The number of nitrogens with one attached hydrogen (secondary N) is 1. The van der Waals surface area contributed by atoms with Crippen molar-refractivity contribution in [3.63, 3.8) is 0 Å². The smallest absolute Gasteiger partial charge is 0.240 e. The van der Waals surface area contributed by atoms with Gasteiger partial charge in [-0.05, 0) is 42.2 Å². The summed E-state index contributed by atoms with van der Waals surface area (Å²) in [5.74, 6) is -0.850. The van der Waals surface area contributed by atoms with E-state index < -0.39 is 21.3 Å². The highest BCUT2D eigenvalue weighted by Crippen LogP contribution is 2.51. The minimum Gasteiger partial charge on any atom is -0.273 e. The van der Waals surface area contributed by atoms with Gasteiger partial charge >= 0.3 is 0 Å². The van der Waals surface area contributed by atoms with Crippen LogP contribution in [0.5, 0.6) is 0 Å². The van der Waals surface area contributed by atoms with Crippen molar-refractivity contribution in [2.24, 2.45) is 5.41 Å². The SMILES string of the molecule is C[C@]1(C(=O)NS(C)(=O)=O)Cc2ccc(C#N)cc2[C@H]1c1ccccc1. The van der Waals surface area contributed by atoms with E-state index in [-0.39, 0.29) is 5.92 Å². The molecular weight excluding hydrogens is 336 g/mol. The van der Waals surface area contributed by atoms with Gasteiger partial charge in [-0.25, -0.2) is 8.42 Å². The Labute approximate surface area is 147 Å². The van der Waals surface area contributed by atoms with Crippen molar-refractivity contribution in [2.75, 3.05) is 6.26 Å². The Kier molecular flexibility index (Phi) is 4.13. The first-order valence-corrected chi connectivity index (χ1v) is 9.74. The van der Waals surface area contributed by atoms with Gasteiger partial charge < -0.3 is 0 Å². The molecule has 0 fully saturated rings. The standard InChI is InChI=1S/C19H18N2O3S/c1-19(18(22)21-25(2,23)24)11-15-9-8-13(12-20)10-16(15)17(19)14-6-4-3-5-7-14/h3-10,17H,11H2,1-2H3,(H,21,22)/t17-,19+/m1/s1. The third kappa shape index (κ3) is 3.15.